The molecule has 0 atom stereocenters. The molecular formula is C16H13BF2O4. The fraction of sp³-hybridized carbons (Fsp3) is 0.125. The summed E-state index contributed by atoms with van der Waals surface area (Å²) in [5.74, 6) is -1.79. The Kier molecular flexibility index (Phi) is 5.11. The minimum atomic E-state index is -0.688. The van der Waals surface area contributed by atoms with Crippen molar-refractivity contribution in [2.45, 2.75) is 13.8 Å². The quantitative estimate of drug-likeness (QED) is 0.607. The van der Waals surface area contributed by atoms with E-state index in [0.717, 1.165) is 12.1 Å². The fourth-order valence-electron chi connectivity index (χ4n) is 1.91. The molecule has 2 aromatic carbocycles. The molecule has 0 saturated carbocycles. The van der Waals surface area contributed by atoms with Crippen molar-refractivity contribution in [3.8, 4) is 11.5 Å². The van der Waals surface area contributed by atoms with Crippen LogP contribution in [0.25, 0.3) is 0 Å². The van der Waals surface area contributed by atoms with Crippen LogP contribution in [0.2, 0.25) is 0 Å². The fourth-order valence-corrected chi connectivity index (χ4v) is 1.91. The number of hydrogen-bond donors (Lipinski definition) is 0. The average Bonchev–Trinajstić information content (AvgIpc) is 2.46. The normalized spacial score (nSPS) is 10.1. The van der Waals surface area contributed by atoms with Crippen molar-refractivity contribution in [3.05, 3.63) is 59.2 Å². The van der Waals surface area contributed by atoms with Gasteiger partial charge in [0, 0.05) is 12.1 Å². The van der Waals surface area contributed by atoms with Crippen molar-refractivity contribution in [1.29, 1.82) is 0 Å². The van der Waals surface area contributed by atoms with E-state index in [4.69, 9.17) is 9.31 Å². The largest absolute Gasteiger partial charge is 0.576 e. The van der Waals surface area contributed by atoms with Gasteiger partial charge in [0.05, 0.1) is 11.1 Å². The zero-order chi connectivity index (χ0) is 17.0. The second kappa shape index (κ2) is 7.04. The first-order valence-electron chi connectivity index (χ1n) is 6.75. The van der Waals surface area contributed by atoms with E-state index in [1.807, 2.05) is 0 Å². The second-order valence-electron chi connectivity index (χ2n) is 4.80. The molecular weight excluding hydrogens is 305 g/mol. The maximum Gasteiger partial charge on any atom is 0.576 e. The van der Waals surface area contributed by atoms with Crippen LogP contribution >= 0.6 is 0 Å². The summed E-state index contributed by atoms with van der Waals surface area (Å²) >= 11 is 0. The van der Waals surface area contributed by atoms with Gasteiger partial charge in [-0.25, -0.2) is 8.78 Å². The van der Waals surface area contributed by atoms with E-state index in [9.17, 15) is 18.4 Å². The highest BCUT2D eigenvalue weighted by atomic mass is 19.1. The van der Waals surface area contributed by atoms with Crippen molar-refractivity contribution < 1.29 is 27.7 Å². The Labute approximate surface area is 132 Å². The van der Waals surface area contributed by atoms with Crippen LogP contribution in [-0.2, 0) is 0 Å². The van der Waals surface area contributed by atoms with Crippen LogP contribution in [0.1, 0.15) is 34.6 Å². The summed E-state index contributed by atoms with van der Waals surface area (Å²) in [7, 11) is -0.280. The first kappa shape index (κ1) is 16.7. The summed E-state index contributed by atoms with van der Waals surface area (Å²) < 4.78 is 37.6. The van der Waals surface area contributed by atoms with Gasteiger partial charge in [-0.15, -0.1) is 0 Å². The molecule has 0 aliphatic rings. The highest BCUT2D eigenvalue weighted by molar-refractivity contribution is 6.20. The minimum Gasteiger partial charge on any atom is -0.528 e. The third-order valence-electron chi connectivity index (χ3n) is 3.09. The van der Waals surface area contributed by atoms with E-state index in [2.05, 4.69) is 0 Å². The van der Waals surface area contributed by atoms with Gasteiger partial charge in [-0.05, 0) is 38.1 Å². The number of halogens is 2. The van der Waals surface area contributed by atoms with Gasteiger partial charge in [-0.2, -0.15) is 0 Å². The maximum atomic E-state index is 13.6. The molecule has 23 heavy (non-hydrogen) atoms. The van der Waals surface area contributed by atoms with Crippen LogP contribution in [0.15, 0.2) is 36.4 Å². The predicted octanol–water partition coefficient (Wildman–Crippen LogP) is 3.09. The molecule has 0 fully saturated rings. The lowest BCUT2D eigenvalue weighted by molar-refractivity contribution is 0.100. The molecule has 0 heterocycles. The molecule has 7 heteroatoms. The summed E-state index contributed by atoms with van der Waals surface area (Å²) in [6, 6.07) is 7.63. The summed E-state index contributed by atoms with van der Waals surface area (Å²) in [6.45, 7) is 2.53. The number of rotatable bonds is 6. The van der Waals surface area contributed by atoms with Crippen LogP contribution in [0, 0.1) is 11.6 Å². The zero-order valence-corrected chi connectivity index (χ0v) is 12.6. The molecule has 4 nitrogen and oxygen atoms in total. The van der Waals surface area contributed by atoms with Gasteiger partial charge in [0.25, 0.3) is 0 Å². The molecule has 0 spiro atoms. The monoisotopic (exact) mass is 318 g/mol. The molecule has 0 unspecified atom stereocenters. The smallest absolute Gasteiger partial charge is 0.528 e. The lowest BCUT2D eigenvalue weighted by Crippen LogP contribution is -2.12. The van der Waals surface area contributed by atoms with Crippen LogP contribution in [0.3, 0.4) is 0 Å². The molecule has 0 bridgehead atoms. The molecule has 0 amide bonds. The van der Waals surface area contributed by atoms with Crippen molar-refractivity contribution in [3.63, 3.8) is 0 Å². The number of carbonyl (C=O) groups excluding carboxylic acids is 2. The van der Waals surface area contributed by atoms with Crippen LogP contribution in [0.4, 0.5) is 8.78 Å². The Hall–Kier alpha value is -2.70. The molecule has 118 valence electrons. The van der Waals surface area contributed by atoms with E-state index in [-0.39, 0.29) is 41.9 Å². The number of carbonyl (C=O) groups is 2. The average molecular weight is 318 g/mol. The van der Waals surface area contributed by atoms with Gasteiger partial charge in [-0.1, -0.05) is 0 Å². The van der Waals surface area contributed by atoms with Crippen LogP contribution < -0.4 is 9.31 Å². The Balaban J connectivity index is 1.97. The first-order chi connectivity index (χ1) is 10.9. The molecule has 2 aromatic rings. The summed E-state index contributed by atoms with van der Waals surface area (Å²) in [6.07, 6.45) is 0. The molecule has 0 radical (unpaired) electrons. The molecule has 0 aromatic heterocycles. The Morgan fingerprint density at radius 1 is 0.826 bits per heavy atom. The first-order valence-corrected chi connectivity index (χ1v) is 6.75. The summed E-state index contributed by atoms with van der Waals surface area (Å²) in [5.41, 5.74) is -0.0553. The second-order valence-corrected chi connectivity index (χ2v) is 4.80. The summed E-state index contributed by atoms with van der Waals surface area (Å²) in [4.78, 5) is 22.2. The standard InChI is InChI=1S/C16H13BF2O4/c1-9(20)13-5-3-11(7-15(13)18)22-17-23-12-4-6-14(10(2)21)16(19)8-12/h3-8,17H,1-2H3. The predicted molar refractivity (Wildman–Crippen MR) is 81.2 cm³/mol. The lowest BCUT2D eigenvalue weighted by Gasteiger charge is -2.09. The zero-order valence-electron chi connectivity index (χ0n) is 12.6. The highest BCUT2D eigenvalue weighted by Gasteiger charge is 2.11. The van der Waals surface area contributed by atoms with E-state index in [1.54, 1.807) is 0 Å². The summed E-state index contributed by atoms with van der Waals surface area (Å²) in [5, 5.41) is 0. The molecule has 0 N–H and O–H groups in total. The lowest BCUT2D eigenvalue weighted by atomic mass is 10.1. The van der Waals surface area contributed by atoms with Gasteiger partial charge >= 0.3 is 7.69 Å². The topological polar surface area (TPSA) is 52.6 Å². The van der Waals surface area contributed by atoms with Crippen molar-refractivity contribution in [1.82, 2.24) is 0 Å². The van der Waals surface area contributed by atoms with E-state index < -0.39 is 11.6 Å². The number of hydrogen-bond acceptors (Lipinski definition) is 4. The van der Waals surface area contributed by atoms with Gasteiger partial charge < -0.3 is 9.31 Å². The highest BCUT2D eigenvalue weighted by Crippen LogP contribution is 2.19. The molecule has 0 aliphatic carbocycles. The maximum absolute atomic E-state index is 13.6. The number of benzene rings is 2. The van der Waals surface area contributed by atoms with E-state index in [1.165, 1.54) is 38.1 Å². The van der Waals surface area contributed by atoms with E-state index in [0.29, 0.717) is 0 Å². The van der Waals surface area contributed by atoms with Crippen LogP contribution in [0.5, 0.6) is 11.5 Å². The molecule has 0 aliphatic heterocycles. The van der Waals surface area contributed by atoms with Gasteiger partial charge in [-0.3, -0.25) is 9.59 Å². The SMILES string of the molecule is CC(=O)c1ccc(OBOc2ccc(C(C)=O)c(F)c2)cc1F. The molecule has 0 saturated heterocycles. The van der Waals surface area contributed by atoms with Gasteiger partial charge in [0.2, 0.25) is 0 Å². The minimum absolute atomic E-state index is 0.0276. The Morgan fingerprint density at radius 2 is 1.22 bits per heavy atom. The molecule has 2 rings (SSSR count). The van der Waals surface area contributed by atoms with Crippen LogP contribution in [-0.4, -0.2) is 19.3 Å². The Bertz CT molecular complexity index is 698. The van der Waals surface area contributed by atoms with Crippen molar-refractivity contribution >= 4 is 19.3 Å². The third kappa shape index (κ3) is 4.15. The Morgan fingerprint density at radius 3 is 1.52 bits per heavy atom. The third-order valence-corrected chi connectivity index (χ3v) is 3.09. The van der Waals surface area contributed by atoms with Gasteiger partial charge in [0.15, 0.2) is 11.6 Å². The van der Waals surface area contributed by atoms with E-state index >= 15 is 0 Å². The van der Waals surface area contributed by atoms with Crippen molar-refractivity contribution in [2.24, 2.45) is 0 Å². The number of Topliss-reactive ketones (excluding diaryl/α,β-unsaturated/α-hetero) is 2. The van der Waals surface area contributed by atoms with Gasteiger partial charge in [0.1, 0.15) is 23.1 Å². The number of ketones is 2. The van der Waals surface area contributed by atoms with Crippen molar-refractivity contribution in [2.75, 3.05) is 0 Å².